The van der Waals surface area contributed by atoms with E-state index < -0.39 is 9.84 Å². The smallest absolute Gasteiger partial charge is 0.154 e. The van der Waals surface area contributed by atoms with Crippen molar-refractivity contribution in [3.05, 3.63) is 36.4 Å². The summed E-state index contributed by atoms with van der Waals surface area (Å²) < 4.78 is 20.4. The number of hydrogen-bond donors (Lipinski definition) is 0. The van der Waals surface area contributed by atoms with Crippen molar-refractivity contribution in [1.29, 1.82) is 0 Å². The van der Waals surface area contributed by atoms with Gasteiger partial charge in [-0.3, -0.25) is 4.79 Å². The highest BCUT2D eigenvalue weighted by Crippen LogP contribution is 1.81. The van der Waals surface area contributed by atoms with Crippen LogP contribution in [0, 0.1) is 0 Å². The molecule has 0 fully saturated rings. The highest BCUT2D eigenvalue weighted by atomic mass is 32.2. The highest BCUT2D eigenvalue weighted by molar-refractivity contribution is 7.91. The number of ketones is 1. The van der Waals surface area contributed by atoms with E-state index in [2.05, 4.69) is 0 Å². The quantitative estimate of drug-likeness (QED) is 0.745. The van der Waals surface area contributed by atoms with Gasteiger partial charge in [0.1, 0.15) is 11.5 Å². The predicted octanol–water partition coefficient (Wildman–Crippen LogP) is 1.31. The van der Waals surface area contributed by atoms with Crippen LogP contribution in [0.4, 0.5) is 0 Å². The second kappa shape index (κ2) is 6.32. The van der Waals surface area contributed by atoms with E-state index in [9.17, 15) is 13.2 Å². The van der Waals surface area contributed by atoms with Gasteiger partial charge >= 0.3 is 0 Å². The Balaban J connectivity index is 0.000000249. The fourth-order valence-electron chi connectivity index (χ4n) is 0.754. The SMILES string of the molecule is CC(=O)CS(C)(=O)=O.c1ccccc1. The largest absolute Gasteiger partial charge is 0.299 e. The molecule has 3 nitrogen and oxygen atoms in total. The topological polar surface area (TPSA) is 51.2 Å². The molecule has 14 heavy (non-hydrogen) atoms. The van der Waals surface area contributed by atoms with E-state index >= 15 is 0 Å². The van der Waals surface area contributed by atoms with Crippen molar-refractivity contribution < 1.29 is 13.2 Å². The summed E-state index contributed by atoms with van der Waals surface area (Å²) in [5, 5.41) is 0. The van der Waals surface area contributed by atoms with Crippen LogP contribution in [-0.2, 0) is 14.6 Å². The normalized spacial score (nSPS) is 9.86. The number of carbonyl (C=O) groups is 1. The van der Waals surface area contributed by atoms with Crippen LogP contribution in [0.5, 0.6) is 0 Å². The molecule has 0 saturated heterocycles. The Morgan fingerprint density at radius 3 is 1.36 bits per heavy atom. The molecule has 0 unspecified atom stereocenters. The maximum Gasteiger partial charge on any atom is 0.154 e. The molecule has 4 heteroatoms. The van der Waals surface area contributed by atoms with Gasteiger partial charge < -0.3 is 0 Å². The van der Waals surface area contributed by atoms with Crippen molar-refractivity contribution in [3.63, 3.8) is 0 Å². The Labute approximate surface area is 84.7 Å². The maximum absolute atomic E-state index is 10.2. The van der Waals surface area contributed by atoms with Gasteiger partial charge in [-0.2, -0.15) is 0 Å². The van der Waals surface area contributed by atoms with Gasteiger partial charge in [0.15, 0.2) is 9.84 Å². The van der Waals surface area contributed by atoms with Crippen LogP contribution in [0.3, 0.4) is 0 Å². The van der Waals surface area contributed by atoms with E-state index in [1.54, 1.807) is 0 Å². The first-order valence-electron chi connectivity index (χ1n) is 4.09. The molecule has 0 saturated carbocycles. The number of hydrogen-bond acceptors (Lipinski definition) is 3. The van der Waals surface area contributed by atoms with Gasteiger partial charge in [0, 0.05) is 6.26 Å². The summed E-state index contributed by atoms with van der Waals surface area (Å²) in [6.07, 6.45) is 1.04. The van der Waals surface area contributed by atoms with E-state index in [0.717, 1.165) is 6.26 Å². The summed E-state index contributed by atoms with van der Waals surface area (Å²) in [7, 11) is -3.07. The first kappa shape index (κ1) is 12.8. The third-order valence-electron chi connectivity index (χ3n) is 1.13. The molecule has 0 radical (unpaired) electrons. The molecular formula is C10H14O3S. The summed E-state index contributed by atoms with van der Waals surface area (Å²) in [5.41, 5.74) is 0. The molecule has 0 aromatic heterocycles. The second-order valence-electron chi connectivity index (χ2n) is 2.93. The first-order valence-corrected chi connectivity index (χ1v) is 6.15. The lowest BCUT2D eigenvalue weighted by molar-refractivity contribution is -0.114. The van der Waals surface area contributed by atoms with E-state index in [-0.39, 0.29) is 11.5 Å². The van der Waals surface area contributed by atoms with Gasteiger partial charge in [0.25, 0.3) is 0 Å². The lowest BCUT2D eigenvalue weighted by atomic mass is 10.4. The second-order valence-corrected chi connectivity index (χ2v) is 5.07. The molecule has 0 bridgehead atoms. The Morgan fingerprint density at radius 1 is 1.00 bits per heavy atom. The van der Waals surface area contributed by atoms with Gasteiger partial charge in [-0.15, -0.1) is 0 Å². The van der Waals surface area contributed by atoms with Gasteiger partial charge in [-0.25, -0.2) is 8.42 Å². The molecular weight excluding hydrogens is 200 g/mol. The van der Waals surface area contributed by atoms with E-state index in [4.69, 9.17) is 0 Å². The molecule has 0 atom stereocenters. The Kier molecular flexibility index (Phi) is 5.79. The van der Waals surface area contributed by atoms with Crippen LogP contribution in [0.1, 0.15) is 6.92 Å². The van der Waals surface area contributed by atoms with Crippen molar-refractivity contribution in [2.24, 2.45) is 0 Å². The Bertz CT molecular complexity index is 328. The summed E-state index contributed by atoms with van der Waals surface area (Å²) in [6, 6.07) is 12.0. The van der Waals surface area contributed by atoms with E-state index in [1.807, 2.05) is 36.4 Å². The zero-order chi connectivity index (χ0) is 11.0. The summed E-state index contributed by atoms with van der Waals surface area (Å²) in [4.78, 5) is 10.1. The number of Topliss-reactive ketones (excluding diaryl/α,β-unsaturated/α-hetero) is 1. The van der Waals surface area contributed by atoms with Crippen LogP contribution in [0.25, 0.3) is 0 Å². The van der Waals surface area contributed by atoms with Gasteiger partial charge in [0.2, 0.25) is 0 Å². The minimum atomic E-state index is -3.07. The van der Waals surface area contributed by atoms with Crippen LogP contribution >= 0.6 is 0 Å². The number of rotatable bonds is 2. The number of carbonyl (C=O) groups excluding carboxylic acids is 1. The molecule has 0 aliphatic carbocycles. The standard InChI is InChI=1S/C6H6.C4H8O3S/c1-2-4-6-5-3-1;1-4(5)3-8(2,6)7/h1-6H;3H2,1-2H3. The van der Waals surface area contributed by atoms with Crippen molar-refractivity contribution in [3.8, 4) is 0 Å². The van der Waals surface area contributed by atoms with Crippen LogP contribution in [0.15, 0.2) is 36.4 Å². The molecule has 0 amide bonds. The average Bonchev–Trinajstić information content (AvgIpc) is 2.03. The number of sulfone groups is 1. The predicted molar refractivity (Wildman–Crippen MR) is 56.8 cm³/mol. The lowest BCUT2D eigenvalue weighted by Gasteiger charge is -1.87. The molecule has 78 valence electrons. The minimum absolute atomic E-state index is 0.312. The molecule has 1 rings (SSSR count). The maximum atomic E-state index is 10.2. The molecule has 0 heterocycles. The van der Waals surface area contributed by atoms with Gasteiger partial charge in [-0.05, 0) is 6.92 Å². The summed E-state index contributed by atoms with van der Waals surface area (Å²) >= 11 is 0. The third-order valence-corrected chi connectivity index (χ3v) is 2.06. The van der Waals surface area contributed by atoms with Gasteiger partial charge in [-0.1, -0.05) is 36.4 Å². The van der Waals surface area contributed by atoms with E-state index in [0.29, 0.717) is 0 Å². The molecule has 0 N–H and O–H groups in total. The van der Waals surface area contributed by atoms with Crippen LogP contribution in [-0.4, -0.2) is 26.2 Å². The Morgan fingerprint density at radius 2 is 1.29 bits per heavy atom. The molecule has 0 spiro atoms. The van der Waals surface area contributed by atoms with E-state index in [1.165, 1.54) is 6.92 Å². The molecule has 0 aliphatic heterocycles. The molecule has 0 aliphatic rings. The monoisotopic (exact) mass is 214 g/mol. The highest BCUT2D eigenvalue weighted by Gasteiger charge is 2.03. The van der Waals surface area contributed by atoms with Crippen molar-refractivity contribution in [1.82, 2.24) is 0 Å². The minimum Gasteiger partial charge on any atom is -0.299 e. The van der Waals surface area contributed by atoms with Crippen molar-refractivity contribution >= 4 is 15.6 Å². The zero-order valence-electron chi connectivity index (χ0n) is 8.30. The summed E-state index contributed by atoms with van der Waals surface area (Å²) in [6.45, 7) is 1.25. The third kappa shape index (κ3) is 10.8. The first-order chi connectivity index (χ1) is 6.42. The Hall–Kier alpha value is -1.16. The fourth-order valence-corrected chi connectivity index (χ4v) is 1.49. The molecule has 1 aromatic carbocycles. The van der Waals surface area contributed by atoms with Crippen molar-refractivity contribution in [2.45, 2.75) is 6.92 Å². The van der Waals surface area contributed by atoms with Gasteiger partial charge in [0.05, 0.1) is 0 Å². The van der Waals surface area contributed by atoms with Crippen LogP contribution < -0.4 is 0 Å². The lowest BCUT2D eigenvalue weighted by Crippen LogP contribution is -2.10. The molecule has 1 aromatic rings. The fraction of sp³-hybridized carbons (Fsp3) is 0.300. The number of benzene rings is 1. The van der Waals surface area contributed by atoms with Crippen molar-refractivity contribution in [2.75, 3.05) is 12.0 Å². The summed E-state index contributed by atoms with van der Waals surface area (Å²) in [5.74, 6) is -0.653. The average molecular weight is 214 g/mol. The zero-order valence-corrected chi connectivity index (χ0v) is 9.12. The van der Waals surface area contributed by atoms with Crippen LogP contribution in [0.2, 0.25) is 0 Å².